The average Bonchev–Trinajstić information content (AvgIpc) is 2.67. The van der Waals surface area contributed by atoms with Crippen LogP contribution in [-0.4, -0.2) is 21.7 Å². The first-order valence-electron chi connectivity index (χ1n) is 5.96. The molecule has 2 aromatic rings. The maximum atomic E-state index is 11.6. The number of aryl methyl sites for hydroxylation is 1. The monoisotopic (exact) mass is 265 g/mol. The Labute approximate surface area is 111 Å². The van der Waals surface area contributed by atoms with Crippen molar-refractivity contribution >= 4 is 28.4 Å². The van der Waals surface area contributed by atoms with Gasteiger partial charge in [0, 0.05) is 22.9 Å². The van der Waals surface area contributed by atoms with E-state index < -0.39 is 0 Å². The highest BCUT2D eigenvalue weighted by Gasteiger charge is 2.07. The number of carbonyl (C=O) groups is 1. The first kappa shape index (κ1) is 12.9. The van der Waals surface area contributed by atoms with E-state index in [1.807, 2.05) is 36.7 Å². The van der Waals surface area contributed by atoms with Crippen LogP contribution in [0.15, 0.2) is 24.4 Å². The molecule has 5 heteroatoms. The lowest BCUT2D eigenvalue weighted by molar-refractivity contribution is -0.121. The highest BCUT2D eigenvalue weighted by molar-refractivity contribution is 6.31. The van der Waals surface area contributed by atoms with Crippen molar-refractivity contribution in [3.63, 3.8) is 0 Å². The molecule has 0 spiro atoms. The normalized spacial score (nSPS) is 11.1. The van der Waals surface area contributed by atoms with Crippen LogP contribution < -0.4 is 5.32 Å². The Morgan fingerprint density at radius 2 is 2.28 bits per heavy atom. The summed E-state index contributed by atoms with van der Waals surface area (Å²) in [6.07, 6.45) is 2.19. The summed E-state index contributed by atoms with van der Waals surface area (Å²) < 4.78 is 1.82. The molecular weight excluding hydrogens is 250 g/mol. The number of halogens is 1. The van der Waals surface area contributed by atoms with Crippen LogP contribution in [0.2, 0.25) is 5.02 Å². The van der Waals surface area contributed by atoms with Crippen molar-refractivity contribution in [2.45, 2.75) is 32.9 Å². The molecule has 18 heavy (non-hydrogen) atoms. The third-order valence-electron chi connectivity index (χ3n) is 2.60. The fourth-order valence-electron chi connectivity index (χ4n) is 1.84. The summed E-state index contributed by atoms with van der Waals surface area (Å²) in [6, 6.07) is 5.79. The first-order chi connectivity index (χ1) is 8.56. The lowest BCUT2D eigenvalue weighted by Crippen LogP contribution is -2.30. The molecule has 1 heterocycles. The molecule has 0 aliphatic rings. The molecule has 0 unspecified atom stereocenters. The van der Waals surface area contributed by atoms with Gasteiger partial charge in [0.15, 0.2) is 0 Å². The van der Waals surface area contributed by atoms with E-state index >= 15 is 0 Å². The first-order valence-corrected chi connectivity index (χ1v) is 6.34. The smallest absolute Gasteiger partial charge is 0.222 e. The van der Waals surface area contributed by atoms with Crippen molar-refractivity contribution in [3.05, 3.63) is 29.4 Å². The van der Waals surface area contributed by atoms with Gasteiger partial charge in [0.2, 0.25) is 5.91 Å². The van der Waals surface area contributed by atoms with Gasteiger partial charge in [-0.05, 0) is 32.0 Å². The van der Waals surface area contributed by atoms with E-state index in [4.69, 9.17) is 11.6 Å². The predicted molar refractivity (Wildman–Crippen MR) is 72.6 cm³/mol. The van der Waals surface area contributed by atoms with Crippen LogP contribution in [0.1, 0.15) is 20.3 Å². The standard InChI is InChI=1S/C13H16ClN3O/c1-9(2)16-13(18)5-6-17-12-4-3-11(14)7-10(12)8-15-17/h3-4,7-9H,5-6H2,1-2H3,(H,16,18). The number of amides is 1. The van der Waals surface area contributed by atoms with Crippen molar-refractivity contribution in [2.75, 3.05) is 0 Å². The van der Waals surface area contributed by atoms with Crippen LogP contribution in [0.5, 0.6) is 0 Å². The number of nitrogens with one attached hydrogen (secondary N) is 1. The average molecular weight is 266 g/mol. The second-order valence-corrected chi connectivity index (χ2v) is 4.98. The molecule has 0 fully saturated rings. The Balaban J connectivity index is 2.06. The van der Waals surface area contributed by atoms with Gasteiger partial charge >= 0.3 is 0 Å². The Hall–Kier alpha value is -1.55. The quantitative estimate of drug-likeness (QED) is 0.924. The summed E-state index contributed by atoms with van der Waals surface area (Å²) in [5, 5.41) is 8.81. The summed E-state index contributed by atoms with van der Waals surface area (Å²) in [6.45, 7) is 4.47. The second-order valence-electron chi connectivity index (χ2n) is 4.54. The molecule has 0 aliphatic heterocycles. The number of fused-ring (bicyclic) bond motifs is 1. The molecule has 1 aromatic heterocycles. The molecule has 0 aliphatic carbocycles. The number of hydrogen-bond acceptors (Lipinski definition) is 2. The maximum absolute atomic E-state index is 11.6. The van der Waals surface area contributed by atoms with Crippen LogP contribution in [0.4, 0.5) is 0 Å². The van der Waals surface area contributed by atoms with Crippen molar-refractivity contribution in [1.82, 2.24) is 15.1 Å². The van der Waals surface area contributed by atoms with Crippen LogP contribution >= 0.6 is 11.6 Å². The van der Waals surface area contributed by atoms with E-state index in [0.29, 0.717) is 18.0 Å². The highest BCUT2D eigenvalue weighted by Crippen LogP contribution is 2.18. The van der Waals surface area contributed by atoms with E-state index in [2.05, 4.69) is 10.4 Å². The number of aromatic nitrogens is 2. The lowest BCUT2D eigenvalue weighted by atomic mass is 10.2. The second kappa shape index (κ2) is 5.40. The zero-order valence-corrected chi connectivity index (χ0v) is 11.2. The van der Waals surface area contributed by atoms with E-state index in [1.165, 1.54) is 0 Å². The van der Waals surface area contributed by atoms with Gasteiger partial charge < -0.3 is 5.32 Å². The fraction of sp³-hybridized carbons (Fsp3) is 0.385. The van der Waals surface area contributed by atoms with Gasteiger partial charge in [0.25, 0.3) is 0 Å². The molecule has 2 rings (SSSR count). The Morgan fingerprint density at radius 1 is 1.50 bits per heavy atom. The maximum Gasteiger partial charge on any atom is 0.222 e. The minimum atomic E-state index is 0.0441. The molecule has 1 aromatic carbocycles. The van der Waals surface area contributed by atoms with Gasteiger partial charge in [-0.1, -0.05) is 11.6 Å². The van der Waals surface area contributed by atoms with E-state index in [9.17, 15) is 4.79 Å². The topological polar surface area (TPSA) is 46.9 Å². The predicted octanol–water partition coefficient (Wildman–Crippen LogP) is 2.60. The molecule has 1 amide bonds. The molecule has 0 atom stereocenters. The summed E-state index contributed by atoms with van der Waals surface area (Å²) in [7, 11) is 0. The van der Waals surface area contributed by atoms with Crippen molar-refractivity contribution in [3.8, 4) is 0 Å². The molecule has 0 saturated carbocycles. The van der Waals surface area contributed by atoms with E-state index in [0.717, 1.165) is 10.9 Å². The largest absolute Gasteiger partial charge is 0.354 e. The van der Waals surface area contributed by atoms with E-state index in [-0.39, 0.29) is 11.9 Å². The Morgan fingerprint density at radius 3 is 3.00 bits per heavy atom. The molecule has 0 bridgehead atoms. The van der Waals surface area contributed by atoms with Crippen LogP contribution in [-0.2, 0) is 11.3 Å². The van der Waals surface area contributed by atoms with Crippen LogP contribution in [0.25, 0.3) is 10.9 Å². The van der Waals surface area contributed by atoms with Crippen molar-refractivity contribution < 1.29 is 4.79 Å². The van der Waals surface area contributed by atoms with Crippen LogP contribution in [0.3, 0.4) is 0 Å². The summed E-state index contributed by atoms with van der Waals surface area (Å²) >= 11 is 5.91. The third kappa shape index (κ3) is 3.01. The SMILES string of the molecule is CC(C)NC(=O)CCn1ncc2cc(Cl)ccc21. The van der Waals surface area contributed by atoms with Gasteiger partial charge in [-0.25, -0.2) is 0 Å². The van der Waals surface area contributed by atoms with Crippen molar-refractivity contribution in [1.29, 1.82) is 0 Å². The van der Waals surface area contributed by atoms with Gasteiger partial charge in [-0.2, -0.15) is 5.10 Å². The Kier molecular flexibility index (Phi) is 3.87. The Bertz CT molecular complexity index is 562. The van der Waals surface area contributed by atoms with E-state index in [1.54, 1.807) is 6.20 Å². The third-order valence-corrected chi connectivity index (χ3v) is 2.84. The zero-order chi connectivity index (χ0) is 13.1. The number of benzene rings is 1. The van der Waals surface area contributed by atoms with Gasteiger partial charge in [0.05, 0.1) is 18.3 Å². The lowest BCUT2D eigenvalue weighted by Gasteiger charge is -2.08. The molecule has 96 valence electrons. The number of nitrogens with zero attached hydrogens (tertiary/aromatic N) is 2. The van der Waals surface area contributed by atoms with Gasteiger partial charge in [-0.3, -0.25) is 9.48 Å². The number of hydrogen-bond donors (Lipinski definition) is 1. The fourth-order valence-corrected chi connectivity index (χ4v) is 2.02. The molecule has 4 nitrogen and oxygen atoms in total. The summed E-state index contributed by atoms with van der Waals surface area (Å²) in [5.74, 6) is 0.0441. The van der Waals surface area contributed by atoms with Crippen LogP contribution in [0, 0.1) is 0 Å². The minimum Gasteiger partial charge on any atom is -0.354 e. The molecule has 0 saturated heterocycles. The molecule has 0 radical (unpaired) electrons. The van der Waals surface area contributed by atoms with Crippen molar-refractivity contribution in [2.24, 2.45) is 0 Å². The highest BCUT2D eigenvalue weighted by atomic mass is 35.5. The molecular formula is C13H16ClN3O. The molecule has 1 N–H and O–H groups in total. The summed E-state index contributed by atoms with van der Waals surface area (Å²) in [4.78, 5) is 11.6. The van der Waals surface area contributed by atoms with Gasteiger partial charge in [0.1, 0.15) is 0 Å². The summed E-state index contributed by atoms with van der Waals surface area (Å²) in [5.41, 5.74) is 0.997. The minimum absolute atomic E-state index is 0.0441. The number of carbonyl (C=O) groups excluding carboxylic acids is 1. The zero-order valence-electron chi connectivity index (χ0n) is 10.5. The van der Waals surface area contributed by atoms with Gasteiger partial charge in [-0.15, -0.1) is 0 Å². The number of rotatable bonds is 4.